The normalized spacial score (nSPS) is 11.7. The average molecular weight is 582 g/mol. The summed E-state index contributed by atoms with van der Waals surface area (Å²) >= 11 is 5.09. The van der Waals surface area contributed by atoms with E-state index < -0.39 is 6.04 Å². The first kappa shape index (κ1) is 29.0. The molecule has 0 spiro atoms. The quantitative estimate of drug-likeness (QED) is 0.225. The first-order valence-corrected chi connectivity index (χ1v) is 14.8. The van der Waals surface area contributed by atoms with E-state index >= 15 is 0 Å². The summed E-state index contributed by atoms with van der Waals surface area (Å²) in [6.07, 6.45) is 2.39. The smallest absolute Gasteiger partial charge is 0.243 e. The number of aryl methyl sites for hydroxylation is 2. The van der Waals surface area contributed by atoms with Crippen LogP contribution in [0.25, 0.3) is 0 Å². The molecule has 3 rings (SSSR count). The molecule has 0 aliphatic rings. The first-order chi connectivity index (χ1) is 17.9. The SMILES string of the molecule is CCCCNC(=O)[C@H](Cc1ccccc1)N(Cc1ccc(Br)cc1)C(=O)CSCc1cc(C)cc(C)c1. The molecule has 0 aliphatic heterocycles. The van der Waals surface area contributed by atoms with Crippen LogP contribution in [0.2, 0.25) is 0 Å². The number of thioether (sulfide) groups is 1. The van der Waals surface area contributed by atoms with Crippen molar-refractivity contribution in [3.63, 3.8) is 0 Å². The lowest BCUT2D eigenvalue weighted by Crippen LogP contribution is -2.51. The molecule has 3 aromatic carbocycles. The number of carbonyl (C=O) groups excluding carboxylic acids is 2. The third-order valence-electron chi connectivity index (χ3n) is 6.14. The van der Waals surface area contributed by atoms with Crippen molar-refractivity contribution >= 4 is 39.5 Å². The second kappa shape index (κ2) is 15.0. The lowest BCUT2D eigenvalue weighted by molar-refractivity contribution is -0.139. The maximum absolute atomic E-state index is 13.7. The van der Waals surface area contributed by atoms with Crippen LogP contribution >= 0.6 is 27.7 Å². The summed E-state index contributed by atoms with van der Waals surface area (Å²) in [5, 5.41) is 3.08. The minimum Gasteiger partial charge on any atom is -0.354 e. The van der Waals surface area contributed by atoms with Gasteiger partial charge in [-0.3, -0.25) is 9.59 Å². The fourth-order valence-electron chi connectivity index (χ4n) is 4.34. The molecule has 0 unspecified atom stereocenters. The molecule has 0 bridgehead atoms. The molecule has 196 valence electrons. The van der Waals surface area contributed by atoms with Crippen molar-refractivity contribution in [1.29, 1.82) is 0 Å². The number of amides is 2. The highest BCUT2D eigenvalue weighted by Crippen LogP contribution is 2.20. The Hall–Kier alpha value is -2.57. The summed E-state index contributed by atoms with van der Waals surface area (Å²) in [4.78, 5) is 29.0. The van der Waals surface area contributed by atoms with Gasteiger partial charge in [0, 0.05) is 29.7 Å². The molecule has 0 heterocycles. The number of hydrogen-bond acceptors (Lipinski definition) is 3. The van der Waals surface area contributed by atoms with Crippen LogP contribution in [0.1, 0.15) is 47.6 Å². The summed E-state index contributed by atoms with van der Waals surface area (Å²) < 4.78 is 0.983. The Morgan fingerprint density at radius 2 is 1.59 bits per heavy atom. The standard InChI is InChI=1S/C31H37BrN2O2S/c1-4-5-15-33-31(36)29(19-25-9-7-6-8-10-25)34(20-26-11-13-28(32)14-12-26)30(35)22-37-21-27-17-23(2)16-24(3)18-27/h6-14,16-18,29H,4-5,15,19-22H2,1-3H3,(H,33,36)/t29-/m0/s1. The van der Waals surface area contributed by atoms with Crippen LogP contribution in [0.3, 0.4) is 0 Å². The van der Waals surface area contributed by atoms with Crippen LogP contribution in [0, 0.1) is 13.8 Å². The topological polar surface area (TPSA) is 49.4 Å². The molecule has 1 N–H and O–H groups in total. The Labute approximate surface area is 234 Å². The highest BCUT2D eigenvalue weighted by molar-refractivity contribution is 9.10. The number of unbranched alkanes of at least 4 members (excludes halogenated alkanes) is 1. The lowest BCUT2D eigenvalue weighted by Gasteiger charge is -2.31. The Morgan fingerprint density at radius 1 is 0.919 bits per heavy atom. The van der Waals surface area contributed by atoms with Crippen molar-refractivity contribution in [2.24, 2.45) is 0 Å². The van der Waals surface area contributed by atoms with Crippen molar-refractivity contribution in [3.05, 3.63) is 105 Å². The van der Waals surface area contributed by atoms with E-state index in [4.69, 9.17) is 0 Å². The number of rotatable bonds is 13. The molecule has 4 nitrogen and oxygen atoms in total. The van der Waals surface area contributed by atoms with E-state index in [2.05, 4.69) is 60.2 Å². The van der Waals surface area contributed by atoms with E-state index in [1.54, 1.807) is 16.7 Å². The van der Waals surface area contributed by atoms with Crippen molar-refractivity contribution in [3.8, 4) is 0 Å². The highest BCUT2D eigenvalue weighted by atomic mass is 79.9. The van der Waals surface area contributed by atoms with Gasteiger partial charge in [0.05, 0.1) is 5.75 Å². The molecular formula is C31H37BrN2O2S. The summed E-state index contributed by atoms with van der Waals surface area (Å²) in [5.74, 6) is 0.953. The van der Waals surface area contributed by atoms with Gasteiger partial charge in [-0.05, 0) is 49.1 Å². The number of carbonyl (C=O) groups is 2. The fraction of sp³-hybridized carbons (Fsp3) is 0.355. The Kier molecular flexibility index (Phi) is 11.7. The monoisotopic (exact) mass is 580 g/mol. The third-order valence-corrected chi connectivity index (χ3v) is 7.66. The van der Waals surface area contributed by atoms with Gasteiger partial charge in [-0.2, -0.15) is 0 Å². The largest absolute Gasteiger partial charge is 0.354 e. The van der Waals surface area contributed by atoms with E-state index in [-0.39, 0.29) is 11.8 Å². The third kappa shape index (κ3) is 9.67. The van der Waals surface area contributed by atoms with Crippen LogP contribution in [-0.2, 0) is 28.3 Å². The van der Waals surface area contributed by atoms with E-state index in [0.717, 1.165) is 34.2 Å². The molecule has 0 saturated heterocycles. The minimum absolute atomic E-state index is 0.0242. The zero-order chi connectivity index (χ0) is 26.6. The Balaban J connectivity index is 1.82. The molecular weight excluding hydrogens is 544 g/mol. The van der Waals surface area contributed by atoms with E-state index in [1.807, 2.05) is 54.6 Å². The number of nitrogens with zero attached hydrogens (tertiary/aromatic N) is 1. The van der Waals surface area contributed by atoms with Crippen LogP contribution in [0.15, 0.2) is 77.3 Å². The van der Waals surface area contributed by atoms with Crippen molar-refractivity contribution in [2.45, 2.75) is 58.4 Å². The second-order valence-corrected chi connectivity index (χ2v) is 11.4. The molecule has 3 aromatic rings. The molecule has 6 heteroatoms. The van der Waals surface area contributed by atoms with Gasteiger partial charge in [0.15, 0.2) is 0 Å². The summed E-state index contributed by atoms with van der Waals surface area (Å²) in [7, 11) is 0. The summed E-state index contributed by atoms with van der Waals surface area (Å²) in [6, 6.07) is 23.8. The van der Waals surface area contributed by atoms with Crippen molar-refractivity contribution < 1.29 is 9.59 Å². The van der Waals surface area contributed by atoms with Gasteiger partial charge in [0.25, 0.3) is 0 Å². The number of hydrogen-bond donors (Lipinski definition) is 1. The van der Waals surface area contributed by atoms with Gasteiger partial charge in [-0.15, -0.1) is 11.8 Å². The van der Waals surface area contributed by atoms with Crippen LogP contribution in [0.4, 0.5) is 0 Å². The van der Waals surface area contributed by atoms with Gasteiger partial charge >= 0.3 is 0 Å². The highest BCUT2D eigenvalue weighted by Gasteiger charge is 2.30. The van der Waals surface area contributed by atoms with Gasteiger partial charge in [-0.1, -0.05) is 101 Å². The zero-order valence-electron chi connectivity index (χ0n) is 22.0. The summed E-state index contributed by atoms with van der Waals surface area (Å²) in [5.41, 5.74) is 5.70. The van der Waals surface area contributed by atoms with Crippen LogP contribution in [-0.4, -0.2) is 35.1 Å². The molecule has 37 heavy (non-hydrogen) atoms. The summed E-state index contributed by atoms with van der Waals surface area (Å²) in [6.45, 7) is 7.29. The maximum Gasteiger partial charge on any atom is 0.243 e. The molecule has 2 amide bonds. The van der Waals surface area contributed by atoms with Gasteiger partial charge in [0.1, 0.15) is 6.04 Å². The maximum atomic E-state index is 13.7. The second-order valence-electron chi connectivity index (χ2n) is 9.49. The fourth-order valence-corrected chi connectivity index (χ4v) is 5.45. The van der Waals surface area contributed by atoms with Crippen LogP contribution < -0.4 is 5.32 Å². The predicted molar refractivity (Wildman–Crippen MR) is 159 cm³/mol. The van der Waals surface area contributed by atoms with E-state index in [0.29, 0.717) is 25.3 Å². The van der Waals surface area contributed by atoms with E-state index in [1.165, 1.54) is 16.7 Å². The number of halogens is 1. The van der Waals surface area contributed by atoms with Crippen molar-refractivity contribution in [2.75, 3.05) is 12.3 Å². The average Bonchev–Trinajstić information content (AvgIpc) is 2.87. The Bertz CT molecular complexity index is 1130. The van der Waals surface area contributed by atoms with Gasteiger partial charge in [0.2, 0.25) is 11.8 Å². The van der Waals surface area contributed by atoms with Crippen LogP contribution in [0.5, 0.6) is 0 Å². The van der Waals surface area contributed by atoms with E-state index in [9.17, 15) is 9.59 Å². The molecule has 0 radical (unpaired) electrons. The molecule has 0 aliphatic carbocycles. The minimum atomic E-state index is -0.586. The molecule has 0 fully saturated rings. The number of benzene rings is 3. The van der Waals surface area contributed by atoms with Gasteiger partial charge in [-0.25, -0.2) is 0 Å². The first-order valence-electron chi connectivity index (χ1n) is 12.9. The molecule has 0 saturated carbocycles. The van der Waals surface area contributed by atoms with Crippen molar-refractivity contribution in [1.82, 2.24) is 10.2 Å². The lowest BCUT2D eigenvalue weighted by atomic mass is 10.0. The molecule has 1 atom stereocenters. The van der Waals surface area contributed by atoms with Gasteiger partial charge < -0.3 is 10.2 Å². The number of nitrogens with one attached hydrogen (secondary N) is 1. The predicted octanol–water partition coefficient (Wildman–Crippen LogP) is 6.86. The Morgan fingerprint density at radius 3 is 2.24 bits per heavy atom. The zero-order valence-corrected chi connectivity index (χ0v) is 24.4. The molecule has 0 aromatic heterocycles.